The zero-order valence-electron chi connectivity index (χ0n) is 14.7. The lowest BCUT2D eigenvalue weighted by Crippen LogP contribution is -2.55. The van der Waals surface area contributed by atoms with Gasteiger partial charge in [-0.3, -0.25) is 14.5 Å². The van der Waals surface area contributed by atoms with Crippen molar-refractivity contribution < 1.29 is 9.59 Å². The Hall–Kier alpha value is -0.560. The number of carbonyl (C=O) groups excluding carboxylic acids is 2. The van der Waals surface area contributed by atoms with E-state index >= 15 is 0 Å². The number of piperidine rings is 1. The molecule has 6 nitrogen and oxygen atoms in total. The van der Waals surface area contributed by atoms with Gasteiger partial charge < -0.3 is 16.4 Å². The van der Waals surface area contributed by atoms with Crippen LogP contribution in [0.4, 0.5) is 0 Å². The minimum absolute atomic E-state index is 0. The second kappa shape index (κ2) is 10.4. The highest BCUT2D eigenvalue weighted by atomic mass is 35.5. The van der Waals surface area contributed by atoms with Crippen molar-refractivity contribution in [1.82, 2.24) is 15.5 Å². The van der Waals surface area contributed by atoms with Crippen molar-refractivity contribution >= 4 is 36.6 Å². The van der Waals surface area contributed by atoms with Crippen molar-refractivity contribution in [3.8, 4) is 0 Å². The first-order valence-electron chi connectivity index (χ1n) is 8.44. The molecule has 0 aromatic rings. The largest absolute Gasteiger partial charge is 0.358 e. The molecule has 1 heterocycles. The molecule has 1 saturated heterocycles. The van der Waals surface area contributed by atoms with Gasteiger partial charge in [-0.2, -0.15) is 0 Å². The number of amides is 2. The number of likely N-dealkylation sites (N-methyl/N-ethyl adjacent to an activating group) is 1. The third-order valence-corrected chi connectivity index (χ3v) is 5.15. The van der Waals surface area contributed by atoms with Crippen molar-refractivity contribution in [3.63, 3.8) is 0 Å². The van der Waals surface area contributed by atoms with Crippen LogP contribution in [0.2, 0.25) is 0 Å². The third kappa shape index (κ3) is 6.39. The van der Waals surface area contributed by atoms with E-state index in [9.17, 15) is 9.59 Å². The normalized spacial score (nSPS) is 28.2. The molecule has 4 N–H and O–H groups in total. The molecule has 2 atom stereocenters. The molecule has 0 bridgehead atoms. The number of rotatable bonds is 4. The van der Waals surface area contributed by atoms with Gasteiger partial charge in [-0.05, 0) is 32.6 Å². The van der Waals surface area contributed by atoms with Crippen LogP contribution in [0, 0.1) is 5.92 Å². The van der Waals surface area contributed by atoms with Crippen molar-refractivity contribution in [2.24, 2.45) is 11.7 Å². The van der Waals surface area contributed by atoms with E-state index in [-0.39, 0.29) is 54.1 Å². The molecule has 0 aromatic carbocycles. The average Bonchev–Trinajstić information content (AvgIpc) is 2.48. The molecule has 1 aliphatic carbocycles. The van der Waals surface area contributed by atoms with E-state index in [1.165, 1.54) is 0 Å². The molecular formula is C16H32Cl2N4O2. The summed E-state index contributed by atoms with van der Waals surface area (Å²) in [5, 5.41) is 5.83. The lowest BCUT2D eigenvalue weighted by atomic mass is 9.74. The van der Waals surface area contributed by atoms with Gasteiger partial charge in [0.15, 0.2) is 0 Å². The summed E-state index contributed by atoms with van der Waals surface area (Å²) in [6.07, 6.45) is 5.83. The zero-order valence-corrected chi connectivity index (χ0v) is 16.3. The molecule has 142 valence electrons. The number of nitrogens with one attached hydrogen (secondary N) is 2. The van der Waals surface area contributed by atoms with Crippen LogP contribution in [-0.2, 0) is 9.59 Å². The molecule has 8 heteroatoms. The zero-order chi connectivity index (χ0) is 16.2. The fraction of sp³-hybridized carbons (Fsp3) is 0.875. The number of likely N-dealkylation sites (tertiary alicyclic amines) is 1. The molecule has 0 aromatic heterocycles. The maximum Gasteiger partial charge on any atom is 0.233 e. The van der Waals surface area contributed by atoms with Crippen LogP contribution in [0.15, 0.2) is 0 Å². The Bertz CT molecular complexity index is 413. The van der Waals surface area contributed by atoms with E-state index < -0.39 is 0 Å². The Kier molecular flexibility index (Phi) is 10.2. The summed E-state index contributed by atoms with van der Waals surface area (Å²) in [5.74, 6) is 0.100. The average molecular weight is 383 g/mol. The van der Waals surface area contributed by atoms with Gasteiger partial charge in [-0.1, -0.05) is 12.8 Å². The minimum atomic E-state index is -0.373. The molecule has 2 unspecified atom stereocenters. The predicted molar refractivity (Wildman–Crippen MR) is 101 cm³/mol. The highest BCUT2D eigenvalue weighted by Gasteiger charge is 2.38. The van der Waals surface area contributed by atoms with Crippen LogP contribution in [0.25, 0.3) is 0 Å². The molecule has 1 aliphatic heterocycles. The van der Waals surface area contributed by atoms with Crippen LogP contribution in [-0.4, -0.2) is 55.0 Å². The summed E-state index contributed by atoms with van der Waals surface area (Å²) in [4.78, 5) is 26.0. The van der Waals surface area contributed by atoms with E-state index in [1.807, 2.05) is 6.92 Å². The Morgan fingerprint density at radius 2 is 1.79 bits per heavy atom. The summed E-state index contributed by atoms with van der Waals surface area (Å²) < 4.78 is 0. The van der Waals surface area contributed by atoms with Crippen LogP contribution in [0.5, 0.6) is 0 Å². The fourth-order valence-corrected chi connectivity index (χ4v) is 3.61. The highest BCUT2D eigenvalue weighted by molar-refractivity contribution is 5.85. The van der Waals surface area contributed by atoms with Gasteiger partial charge in [0.25, 0.3) is 0 Å². The maximum atomic E-state index is 12.5. The number of carbonyl (C=O) groups is 2. The number of hydrogen-bond donors (Lipinski definition) is 3. The van der Waals surface area contributed by atoms with E-state index in [1.54, 1.807) is 7.05 Å². The maximum absolute atomic E-state index is 12.5. The monoisotopic (exact) mass is 382 g/mol. The molecule has 1 saturated carbocycles. The number of hydrogen-bond acceptors (Lipinski definition) is 4. The molecule has 2 rings (SSSR count). The van der Waals surface area contributed by atoms with E-state index in [0.29, 0.717) is 6.54 Å². The second-order valence-corrected chi connectivity index (χ2v) is 7.04. The first-order chi connectivity index (χ1) is 10.4. The topological polar surface area (TPSA) is 87.5 Å². The van der Waals surface area contributed by atoms with Crippen molar-refractivity contribution in [1.29, 1.82) is 0 Å². The molecule has 2 aliphatic rings. The quantitative estimate of drug-likeness (QED) is 0.678. The number of halogens is 2. The standard InChI is InChI=1S/C16H30N4O2.2ClH/c1-16(17)8-4-3-5-13(16)15(22)19-12-6-9-20(10-7-12)11-14(21)18-2;;/h12-13H,3-11,17H2,1-2H3,(H,18,21)(H,19,22);2*1H. The van der Waals surface area contributed by atoms with Crippen molar-refractivity contribution in [2.75, 3.05) is 26.7 Å². The van der Waals surface area contributed by atoms with Gasteiger partial charge in [0.2, 0.25) is 11.8 Å². The Morgan fingerprint density at radius 3 is 2.33 bits per heavy atom. The fourth-order valence-electron chi connectivity index (χ4n) is 3.61. The minimum Gasteiger partial charge on any atom is -0.358 e. The predicted octanol–water partition coefficient (Wildman–Crippen LogP) is 1.06. The van der Waals surface area contributed by atoms with Crippen molar-refractivity contribution in [2.45, 2.75) is 57.0 Å². The molecule has 0 spiro atoms. The smallest absolute Gasteiger partial charge is 0.233 e. The highest BCUT2D eigenvalue weighted by Crippen LogP contribution is 2.31. The first-order valence-corrected chi connectivity index (χ1v) is 8.44. The molecule has 24 heavy (non-hydrogen) atoms. The SMILES string of the molecule is CNC(=O)CN1CCC(NC(=O)C2CCCCC2(C)N)CC1.Cl.Cl. The molecule has 0 radical (unpaired) electrons. The molecular weight excluding hydrogens is 351 g/mol. The summed E-state index contributed by atoms with van der Waals surface area (Å²) in [6.45, 7) is 4.15. The second-order valence-electron chi connectivity index (χ2n) is 7.04. The Labute approximate surface area is 157 Å². The van der Waals surface area contributed by atoms with E-state index in [0.717, 1.165) is 51.6 Å². The summed E-state index contributed by atoms with van der Waals surface area (Å²) in [6, 6.07) is 0.214. The summed E-state index contributed by atoms with van der Waals surface area (Å²) in [7, 11) is 1.66. The van der Waals surface area contributed by atoms with Crippen LogP contribution >= 0.6 is 24.8 Å². The summed E-state index contributed by atoms with van der Waals surface area (Å²) in [5.41, 5.74) is 5.93. The van der Waals surface area contributed by atoms with Gasteiger partial charge in [-0.15, -0.1) is 24.8 Å². The van der Waals surface area contributed by atoms with E-state index in [2.05, 4.69) is 15.5 Å². The van der Waals surface area contributed by atoms with Crippen LogP contribution in [0.1, 0.15) is 45.4 Å². The number of nitrogens with two attached hydrogens (primary N) is 1. The van der Waals surface area contributed by atoms with Crippen LogP contribution in [0.3, 0.4) is 0 Å². The van der Waals surface area contributed by atoms with Crippen molar-refractivity contribution in [3.05, 3.63) is 0 Å². The Morgan fingerprint density at radius 1 is 1.17 bits per heavy atom. The molecule has 2 fully saturated rings. The van der Waals surface area contributed by atoms with Gasteiger partial charge in [0.05, 0.1) is 12.5 Å². The lowest BCUT2D eigenvalue weighted by Gasteiger charge is -2.39. The van der Waals surface area contributed by atoms with Gasteiger partial charge in [0, 0.05) is 31.7 Å². The van der Waals surface area contributed by atoms with Gasteiger partial charge in [-0.25, -0.2) is 0 Å². The Balaban J connectivity index is 0.00000264. The number of nitrogens with zero attached hydrogens (tertiary/aromatic N) is 1. The third-order valence-electron chi connectivity index (χ3n) is 5.15. The van der Waals surface area contributed by atoms with E-state index in [4.69, 9.17) is 5.73 Å². The van der Waals surface area contributed by atoms with Gasteiger partial charge in [0.1, 0.15) is 0 Å². The van der Waals surface area contributed by atoms with Gasteiger partial charge >= 0.3 is 0 Å². The molecule has 2 amide bonds. The lowest BCUT2D eigenvalue weighted by molar-refractivity contribution is -0.129. The first kappa shape index (κ1) is 23.4. The summed E-state index contributed by atoms with van der Waals surface area (Å²) >= 11 is 0. The van der Waals surface area contributed by atoms with Crippen LogP contribution < -0.4 is 16.4 Å².